The summed E-state index contributed by atoms with van der Waals surface area (Å²) in [5.74, 6) is 0.941. The lowest BCUT2D eigenvalue weighted by molar-refractivity contribution is 0.252. The molecule has 2 aliphatic rings. The molecule has 2 nitrogen and oxygen atoms in total. The largest absolute Gasteiger partial charge is 0.316 e. The van der Waals surface area contributed by atoms with E-state index in [0.29, 0.717) is 0 Å². The fourth-order valence-corrected chi connectivity index (χ4v) is 2.73. The second-order valence-corrected chi connectivity index (χ2v) is 4.36. The predicted molar refractivity (Wildman–Crippen MR) is 50.7 cm³/mol. The van der Waals surface area contributed by atoms with E-state index >= 15 is 0 Å². The van der Waals surface area contributed by atoms with Gasteiger partial charge in [-0.25, -0.2) is 0 Å². The van der Waals surface area contributed by atoms with Gasteiger partial charge in [0.1, 0.15) is 0 Å². The third kappa shape index (κ3) is 1.80. The van der Waals surface area contributed by atoms with Crippen molar-refractivity contribution in [1.29, 1.82) is 0 Å². The lowest BCUT2D eigenvalue weighted by Crippen LogP contribution is -2.50. The van der Waals surface area contributed by atoms with Crippen LogP contribution in [0.2, 0.25) is 0 Å². The van der Waals surface area contributed by atoms with Crippen LogP contribution in [-0.2, 0) is 0 Å². The molecule has 2 heteroatoms. The number of nitrogens with one attached hydrogen (secondary N) is 1. The van der Waals surface area contributed by atoms with Crippen molar-refractivity contribution in [2.24, 2.45) is 11.7 Å². The molecule has 2 rings (SSSR count). The van der Waals surface area contributed by atoms with E-state index < -0.39 is 0 Å². The van der Waals surface area contributed by atoms with E-state index in [0.717, 1.165) is 12.0 Å². The van der Waals surface area contributed by atoms with Crippen molar-refractivity contribution < 1.29 is 0 Å². The third-order valence-electron chi connectivity index (χ3n) is 3.43. The van der Waals surface area contributed by atoms with Crippen LogP contribution >= 0.6 is 0 Å². The Hall–Kier alpha value is -0.0800. The van der Waals surface area contributed by atoms with Crippen LogP contribution < -0.4 is 11.1 Å². The average Bonchev–Trinajstić information content (AvgIpc) is 2.56. The van der Waals surface area contributed by atoms with Crippen molar-refractivity contribution in [2.75, 3.05) is 0 Å². The first-order chi connectivity index (χ1) is 5.86. The van der Waals surface area contributed by atoms with Gasteiger partial charge in [0.15, 0.2) is 0 Å². The van der Waals surface area contributed by atoms with Gasteiger partial charge in [-0.3, -0.25) is 5.32 Å². The maximum absolute atomic E-state index is 5.88. The molecule has 1 heterocycles. The number of rotatable bonds is 1. The molecule has 0 aromatic heterocycles. The molecule has 1 saturated carbocycles. The normalized spacial score (nSPS) is 38.8. The van der Waals surface area contributed by atoms with Crippen LogP contribution in [0.1, 0.15) is 44.9 Å². The summed E-state index contributed by atoms with van der Waals surface area (Å²) in [6.45, 7) is 0. The minimum Gasteiger partial charge on any atom is -0.316 e. The van der Waals surface area contributed by atoms with Crippen molar-refractivity contribution in [3.05, 3.63) is 0 Å². The summed E-state index contributed by atoms with van der Waals surface area (Å²) in [6, 6.07) is 0.747. The Morgan fingerprint density at radius 1 is 0.917 bits per heavy atom. The van der Waals surface area contributed by atoms with Gasteiger partial charge in [-0.1, -0.05) is 12.8 Å². The number of nitrogens with two attached hydrogens (primary N) is 1. The van der Waals surface area contributed by atoms with Crippen LogP contribution in [0.15, 0.2) is 0 Å². The average molecular weight is 168 g/mol. The minimum absolute atomic E-state index is 0.282. The second kappa shape index (κ2) is 3.75. The molecular weight excluding hydrogens is 148 g/mol. The van der Waals surface area contributed by atoms with Gasteiger partial charge in [-0.05, 0) is 38.0 Å². The maximum Gasteiger partial charge on any atom is 0.0548 e. The summed E-state index contributed by atoms with van der Waals surface area (Å²) >= 11 is 0. The lowest BCUT2D eigenvalue weighted by Gasteiger charge is -2.32. The summed E-state index contributed by atoms with van der Waals surface area (Å²) in [4.78, 5) is 0. The molecule has 0 radical (unpaired) electrons. The van der Waals surface area contributed by atoms with E-state index in [1.165, 1.54) is 44.9 Å². The first-order valence-electron chi connectivity index (χ1n) is 5.38. The fraction of sp³-hybridized carbons (Fsp3) is 1.00. The molecule has 2 fully saturated rings. The van der Waals surface area contributed by atoms with Crippen molar-refractivity contribution in [2.45, 2.75) is 57.2 Å². The highest BCUT2D eigenvalue weighted by atomic mass is 15.1. The van der Waals surface area contributed by atoms with Crippen molar-refractivity contribution >= 4 is 0 Å². The van der Waals surface area contributed by atoms with Crippen molar-refractivity contribution in [3.63, 3.8) is 0 Å². The van der Waals surface area contributed by atoms with Crippen LogP contribution in [0, 0.1) is 5.92 Å². The summed E-state index contributed by atoms with van der Waals surface area (Å²) in [5, 5.41) is 3.54. The van der Waals surface area contributed by atoms with Gasteiger partial charge in [-0.2, -0.15) is 0 Å². The molecule has 0 bridgehead atoms. The van der Waals surface area contributed by atoms with E-state index in [-0.39, 0.29) is 6.17 Å². The monoisotopic (exact) mass is 168 g/mol. The van der Waals surface area contributed by atoms with Gasteiger partial charge in [0, 0.05) is 6.04 Å². The first kappa shape index (κ1) is 8.52. The van der Waals surface area contributed by atoms with Crippen LogP contribution in [0.4, 0.5) is 0 Å². The first-order valence-corrected chi connectivity index (χ1v) is 5.38. The zero-order valence-electron chi connectivity index (χ0n) is 7.76. The van der Waals surface area contributed by atoms with Gasteiger partial charge in [0.25, 0.3) is 0 Å². The molecule has 70 valence electrons. The van der Waals surface area contributed by atoms with Crippen LogP contribution in [-0.4, -0.2) is 12.2 Å². The smallest absolute Gasteiger partial charge is 0.0548 e. The lowest BCUT2D eigenvalue weighted by atomic mass is 9.90. The number of hydrogen-bond acceptors (Lipinski definition) is 2. The zero-order chi connectivity index (χ0) is 8.39. The highest BCUT2D eigenvalue weighted by Crippen LogP contribution is 2.31. The van der Waals surface area contributed by atoms with Gasteiger partial charge in [-0.15, -0.1) is 0 Å². The Kier molecular flexibility index (Phi) is 2.66. The Morgan fingerprint density at radius 2 is 1.67 bits per heavy atom. The molecule has 1 aliphatic heterocycles. The van der Waals surface area contributed by atoms with Gasteiger partial charge < -0.3 is 5.73 Å². The maximum atomic E-state index is 5.88. The topological polar surface area (TPSA) is 38.0 Å². The highest BCUT2D eigenvalue weighted by Gasteiger charge is 2.27. The van der Waals surface area contributed by atoms with E-state index in [1.807, 2.05) is 0 Å². The second-order valence-electron chi connectivity index (χ2n) is 4.36. The molecule has 2 atom stereocenters. The predicted octanol–water partition coefficient (Wildman–Crippen LogP) is 1.60. The molecule has 2 unspecified atom stereocenters. The number of hydrogen-bond donors (Lipinski definition) is 2. The molecule has 1 aliphatic carbocycles. The third-order valence-corrected chi connectivity index (χ3v) is 3.43. The Balaban J connectivity index is 1.85. The van der Waals surface area contributed by atoms with Crippen LogP contribution in [0.5, 0.6) is 0 Å². The quantitative estimate of drug-likeness (QED) is 0.624. The molecule has 1 saturated heterocycles. The van der Waals surface area contributed by atoms with Gasteiger partial charge in [0.2, 0.25) is 0 Å². The molecule has 0 aromatic carbocycles. The van der Waals surface area contributed by atoms with Gasteiger partial charge in [0.05, 0.1) is 6.17 Å². The SMILES string of the molecule is NC1CCCC(C2CCCC2)N1. The van der Waals surface area contributed by atoms with Gasteiger partial charge >= 0.3 is 0 Å². The Bertz CT molecular complexity index is 141. The number of piperidine rings is 1. The van der Waals surface area contributed by atoms with Crippen molar-refractivity contribution in [3.8, 4) is 0 Å². The van der Waals surface area contributed by atoms with Crippen molar-refractivity contribution in [1.82, 2.24) is 5.32 Å². The minimum atomic E-state index is 0.282. The molecule has 3 N–H and O–H groups in total. The van der Waals surface area contributed by atoms with E-state index in [4.69, 9.17) is 5.73 Å². The fourth-order valence-electron chi connectivity index (χ4n) is 2.73. The van der Waals surface area contributed by atoms with E-state index in [2.05, 4.69) is 5.32 Å². The standard InChI is InChI=1S/C10H20N2/c11-10-7-3-6-9(12-10)8-4-1-2-5-8/h8-10,12H,1-7,11H2. The summed E-state index contributed by atoms with van der Waals surface area (Å²) in [7, 11) is 0. The Morgan fingerprint density at radius 3 is 2.33 bits per heavy atom. The summed E-state index contributed by atoms with van der Waals surface area (Å²) in [5.41, 5.74) is 5.88. The molecule has 0 spiro atoms. The van der Waals surface area contributed by atoms with Crippen LogP contribution in [0.3, 0.4) is 0 Å². The highest BCUT2D eigenvalue weighted by molar-refractivity contribution is 4.85. The Labute approximate surface area is 74.9 Å². The van der Waals surface area contributed by atoms with E-state index in [1.54, 1.807) is 0 Å². The molecule has 0 amide bonds. The van der Waals surface area contributed by atoms with Crippen LogP contribution in [0.25, 0.3) is 0 Å². The molecule has 0 aromatic rings. The van der Waals surface area contributed by atoms with E-state index in [9.17, 15) is 0 Å². The molecule has 12 heavy (non-hydrogen) atoms. The molecular formula is C10H20N2. The summed E-state index contributed by atoms with van der Waals surface area (Å²) in [6.07, 6.45) is 9.89. The zero-order valence-corrected chi connectivity index (χ0v) is 7.76. The summed E-state index contributed by atoms with van der Waals surface area (Å²) < 4.78 is 0.